The van der Waals surface area contributed by atoms with Crippen LogP contribution in [-0.2, 0) is 6.54 Å². The Balaban J connectivity index is 1.49. The van der Waals surface area contributed by atoms with E-state index in [2.05, 4.69) is 42.2 Å². The van der Waals surface area contributed by atoms with E-state index in [1.807, 2.05) is 48.8 Å². The summed E-state index contributed by atoms with van der Waals surface area (Å²) in [6.45, 7) is 0.743. The van der Waals surface area contributed by atoms with Gasteiger partial charge in [-0.3, -0.25) is 4.98 Å². The second-order valence-electron chi connectivity index (χ2n) is 6.50. The van der Waals surface area contributed by atoms with Gasteiger partial charge in [-0.15, -0.1) is 0 Å². The second-order valence-corrected chi connectivity index (χ2v) is 7.42. The SMILES string of the molecule is COc1ccc(Br)cc1NC(=O)Nc1ccc2c(ccn2Cc2cccnc2)c1. The van der Waals surface area contributed by atoms with Crippen LogP contribution in [0.25, 0.3) is 10.9 Å². The normalized spacial score (nSPS) is 10.7. The Bertz CT molecular complexity index is 1160. The van der Waals surface area contributed by atoms with Gasteiger partial charge in [-0.2, -0.15) is 0 Å². The number of carbonyl (C=O) groups excluding carboxylic acids is 1. The Morgan fingerprint density at radius 3 is 2.83 bits per heavy atom. The Hall–Kier alpha value is -3.32. The largest absolute Gasteiger partial charge is 0.495 e. The molecule has 0 unspecified atom stereocenters. The Morgan fingerprint density at radius 1 is 1.14 bits per heavy atom. The first-order valence-corrected chi connectivity index (χ1v) is 9.81. The van der Waals surface area contributed by atoms with E-state index < -0.39 is 0 Å². The van der Waals surface area contributed by atoms with Crippen molar-refractivity contribution < 1.29 is 9.53 Å². The molecule has 0 radical (unpaired) electrons. The summed E-state index contributed by atoms with van der Waals surface area (Å²) in [6, 6.07) is 17.0. The number of anilines is 2. The summed E-state index contributed by atoms with van der Waals surface area (Å²) in [5, 5.41) is 6.74. The van der Waals surface area contributed by atoms with E-state index in [4.69, 9.17) is 4.74 Å². The molecule has 4 aromatic rings. The quantitative estimate of drug-likeness (QED) is 0.421. The van der Waals surface area contributed by atoms with Crippen molar-refractivity contribution in [3.05, 3.63) is 83.2 Å². The van der Waals surface area contributed by atoms with E-state index >= 15 is 0 Å². The van der Waals surface area contributed by atoms with Crippen molar-refractivity contribution in [3.8, 4) is 5.75 Å². The number of halogens is 1. The van der Waals surface area contributed by atoms with Crippen LogP contribution in [0.5, 0.6) is 5.75 Å². The number of pyridine rings is 1. The molecule has 0 bridgehead atoms. The molecule has 7 heteroatoms. The first-order chi connectivity index (χ1) is 14.1. The lowest BCUT2D eigenvalue weighted by atomic mass is 10.2. The zero-order valence-electron chi connectivity index (χ0n) is 15.7. The standard InChI is InChI=1S/C22H19BrN4O2/c1-29-21-7-4-17(23)12-19(21)26-22(28)25-18-5-6-20-16(11-18)8-10-27(20)14-15-3-2-9-24-13-15/h2-13H,14H2,1H3,(H2,25,26,28). The van der Waals surface area contributed by atoms with Crippen molar-refractivity contribution in [1.29, 1.82) is 0 Å². The van der Waals surface area contributed by atoms with Gasteiger partial charge in [-0.1, -0.05) is 22.0 Å². The number of ether oxygens (including phenoxy) is 1. The number of nitrogens with one attached hydrogen (secondary N) is 2. The minimum atomic E-state index is -0.337. The van der Waals surface area contributed by atoms with Gasteiger partial charge in [0.1, 0.15) is 5.75 Å². The van der Waals surface area contributed by atoms with Crippen molar-refractivity contribution >= 4 is 44.2 Å². The number of fused-ring (bicyclic) bond motifs is 1. The van der Waals surface area contributed by atoms with Gasteiger partial charge >= 0.3 is 6.03 Å². The zero-order valence-corrected chi connectivity index (χ0v) is 17.3. The predicted molar refractivity (Wildman–Crippen MR) is 119 cm³/mol. The molecular weight excluding hydrogens is 432 g/mol. The van der Waals surface area contributed by atoms with E-state index in [0.717, 1.165) is 27.5 Å². The highest BCUT2D eigenvalue weighted by Crippen LogP contribution is 2.28. The molecule has 0 saturated heterocycles. The van der Waals surface area contributed by atoms with Gasteiger partial charge in [0.15, 0.2) is 0 Å². The Labute approximate surface area is 176 Å². The molecule has 29 heavy (non-hydrogen) atoms. The molecular formula is C22H19BrN4O2. The first kappa shape index (κ1) is 19.0. The van der Waals surface area contributed by atoms with E-state index in [1.54, 1.807) is 25.4 Å². The highest BCUT2D eigenvalue weighted by molar-refractivity contribution is 9.10. The summed E-state index contributed by atoms with van der Waals surface area (Å²) < 4.78 is 8.30. The summed E-state index contributed by atoms with van der Waals surface area (Å²) in [5.74, 6) is 0.589. The van der Waals surface area contributed by atoms with E-state index in [-0.39, 0.29) is 6.03 Å². The zero-order chi connectivity index (χ0) is 20.2. The molecule has 0 fully saturated rings. The van der Waals surface area contributed by atoms with Crippen molar-refractivity contribution in [2.45, 2.75) is 6.54 Å². The summed E-state index contributed by atoms with van der Waals surface area (Å²) in [4.78, 5) is 16.6. The molecule has 0 saturated carbocycles. The number of benzene rings is 2. The first-order valence-electron chi connectivity index (χ1n) is 9.02. The van der Waals surface area contributed by atoms with Crippen LogP contribution in [0.4, 0.5) is 16.2 Å². The van der Waals surface area contributed by atoms with Crippen LogP contribution in [-0.4, -0.2) is 22.7 Å². The molecule has 2 aromatic carbocycles. The van der Waals surface area contributed by atoms with Gasteiger partial charge in [0.05, 0.1) is 12.8 Å². The maximum absolute atomic E-state index is 12.4. The van der Waals surface area contributed by atoms with Gasteiger partial charge < -0.3 is 19.9 Å². The van der Waals surface area contributed by atoms with Crippen molar-refractivity contribution in [2.24, 2.45) is 0 Å². The van der Waals surface area contributed by atoms with Crippen molar-refractivity contribution in [1.82, 2.24) is 9.55 Å². The van der Waals surface area contributed by atoms with Crippen LogP contribution < -0.4 is 15.4 Å². The number of carbonyl (C=O) groups is 1. The van der Waals surface area contributed by atoms with Crippen LogP contribution in [0, 0.1) is 0 Å². The third-order valence-corrected chi connectivity index (χ3v) is 5.01. The van der Waals surface area contributed by atoms with Gasteiger partial charge in [0, 0.05) is 46.2 Å². The summed E-state index contributed by atoms with van der Waals surface area (Å²) in [5.41, 5.74) is 3.52. The minimum Gasteiger partial charge on any atom is -0.495 e. The maximum Gasteiger partial charge on any atom is 0.323 e. The van der Waals surface area contributed by atoms with Crippen LogP contribution in [0.15, 0.2) is 77.7 Å². The second kappa shape index (κ2) is 8.36. The number of amides is 2. The number of hydrogen-bond acceptors (Lipinski definition) is 3. The number of rotatable bonds is 5. The summed E-state index contributed by atoms with van der Waals surface area (Å²) in [6.07, 6.45) is 5.67. The van der Waals surface area contributed by atoms with Crippen molar-refractivity contribution in [3.63, 3.8) is 0 Å². The lowest BCUT2D eigenvalue weighted by Crippen LogP contribution is -2.19. The molecule has 6 nitrogen and oxygen atoms in total. The van der Waals surface area contributed by atoms with E-state index in [1.165, 1.54) is 0 Å². The fourth-order valence-corrected chi connectivity index (χ4v) is 3.53. The van der Waals surface area contributed by atoms with Crippen LogP contribution in [0.1, 0.15) is 5.56 Å². The predicted octanol–water partition coefficient (Wildman–Crippen LogP) is 5.50. The molecule has 2 heterocycles. The van der Waals surface area contributed by atoms with Gasteiger partial charge in [-0.05, 0) is 54.1 Å². The number of hydrogen-bond donors (Lipinski definition) is 2. The van der Waals surface area contributed by atoms with Gasteiger partial charge in [-0.25, -0.2) is 4.79 Å². The molecule has 0 spiro atoms. The van der Waals surface area contributed by atoms with Gasteiger partial charge in [0.2, 0.25) is 0 Å². The van der Waals surface area contributed by atoms with Gasteiger partial charge in [0.25, 0.3) is 0 Å². The molecule has 0 atom stereocenters. The highest BCUT2D eigenvalue weighted by atomic mass is 79.9. The van der Waals surface area contributed by atoms with Crippen molar-refractivity contribution in [2.75, 3.05) is 17.7 Å². The molecule has 2 aromatic heterocycles. The topological polar surface area (TPSA) is 68.2 Å². The minimum absolute atomic E-state index is 0.337. The smallest absolute Gasteiger partial charge is 0.323 e. The number of aromatic nitrogens is 2. The number of methoxy groups -OCH3 is 1. The Morgan fingerprint density at radius 2 is 2.03 bits per heavy atom. The fraction of sp³-hybridized carbons (Fsp3) is 0.0909. The highest BCUT2D eigenvalue weighted by Gasteiger charge is 2.10. The lowest BCUT2D eigenvalue weighted by molar-refractivity contribution is 0.262. The maximum atomic E-state index is 12.4. The molecule has 2 amide bonds. The third kappa shape index (κ3) is 4.41. The Kier molecular flexibility index (Phi) is 5.48. The van der Waals surface area contributed by atoms with Crippen LogP contribution >= 0.6 is 15.9 Å². The monoisotopic (exact) mass is 450 g/mol. The van der Waals surface area contributed by atoms with Crippen LogP contribution in [0.3, 0.4) is 0 Å². The van der Waals surface area contributed by atoms with Crippen LogP contribution in [0.2, 0.25) is 0 Å². The molecule has 0 aliphatic heterocycles. The third-order valence-electron chi connectivity index (χ3n) is 4.51. The molecule has 0 aliphatic carbocycles. The molecule has 2 N–H and O–H groups in total. The summed E-state index contributed by atoms with van der Waals surface area (Å²) >= 11 is 3.40. The lowest BCUT2D eigenvalue weighted by Gasteiger charge is -2.12. The summed E-state index contributed by atoms with van der Waals surface area (Å²) in [7, 11) is 1.57. The fourth-order valence-electron chi connectivity index (χ4n) is 3.17. The molecule has 146 valence electrons. The average molecular weight is 451 g/mol. The molecule has 4 rings (SSSR count). The number of urea groups is 1. The van der Waals surface area contributed by atoms with E-state index in [0.29, 0.717) is 17.1 Å². The molecule has 0 aliphatic rings. The number of nitrogens with zero attached hydrogens (tertiary/aromatic N) is 2. The average Bonchev–Trinajstić information content (AvgIpc) is 3.11. The van der Waals surface area contributed by atoms with E-state index in [9.17, 15) is 4.79 Å².